The molecule has 18 heavy (non-hydrogen) atoms. The Morgan fingerprint density at radius 1 is 1.44 bits per heavy atom. The largest absolute Gasteiger partial charge is 0.392 e. The van der Waals surface area contributed by atoms with Crippen LogP contribution in [0.5, 0.6) is 0 Å². The van der Waals surface area contributed by atoms with Crippen molar-refractivity contribution in [1.82, 2.24) is 9.97 Å². The van der Waals surface area contributed by atoms with Crippen LogP contribution in [0.25, 0.3) is 0 Å². The second kappa shape index (κ2) is 5.55. The molecule has 0 amide bonds. The minimum absolute atomic E-state index is 0.0890. The number of nitrogens with two attached hydrogens (primary N) is 1. The lowest BCUT2D eigenvalue weighted by Crippen LogP contribution is -2.09. The van der Waals surface area contributed by atoms with Gasteiger partial charge in [-0.2, -0.15) is 0 Å². The normalized spacial score (nSPS) is 10.6. The molecule has 0 aliphatic heterocycles. The number of aliphatic hydroxyl groups excluding tert-OH is 1. The Balaban J connectivity index is 2.36. The molecule has 0 spiro atoms. The molecule has 2 aromatic rings. The van der Waals surface area contributed by atoms with Gasteiger partial charge in [0.1, 0.15) is 5.82 Å². The number of hydrogen-bond acceptors (Lipinski definition) is 5. The third-order valence-corrected chi connectivity index (χ3v) is 3.64. The SMILES string of the molecule is Nc1cc(=O)[nH]c(Sc2ccc(Br)cc2CO)n1. The molecule has 0 bridgehead atoms. The first-order chi connectivity index (χ1) is 8.58. The highest BCUT2D eigenvalue weighted by molar-refractivity contribution is 9.10. The third-order valence-electron chi connectivity index (χ3n) is 2.14. The van der Waals surface area contributed by atoms with Crippen LogP contribution in [-0.4, -0.2) is 15.1 Å². The summed E-state index contributed by atoms with van der Waals surface area (Å²) in [6.07, 6.45) is 0. The van der Waals surface area contributed by atoms with E-state index in [1.54, 1.807) is 0 Å². The fraction of sp³-hybridized carbons (Fsp3) is 0.0909. The maximum absolute atomic E-state index is 11.3. The second-order valence-electron chi connectivity index (χ2n) is 3.49. The van der Waals surface area contributed by atoms with Crippen molar-refractivity contribution in [2.24, 2.45) is 0 Å². The highest BCUT2D eigenvalue weighted by Crippen LogP contribution is 2.29. The summed E-state index contributed by atoms with van der Waals surface area (Å²) < 4.78 is 0.880. The summed E-state index contributed by atoms with van der Waals surface area (Å²) in [6.45, 7) is -0.0890. The topological polar surface area (TPSA) is 92.0 Å². The summed E-state index contributed by atoms with van der Waals surface area (Å²) in [5.41, 5.74) is 5.96. The van der Waals surface area contributed by atoms with Gasteiger partial charge in [0.15, 0.2) is 5.16 Å². The van der Waals surface area contributed by atoms with Crippen molar-refractivity contribution in [2.45, 2.75) is 16.7 Å². The Kier molecular flexibility index (Phi) is 4.05. The van der Waals surface area contributed by atoms with Gasteiger partial charge < -0.3 is 15.8 Å². The Morgan fingerprint density at radius 2 is 2.22 bits per heavy atom. The maximum atomic E-state index is 11.3. The minimum Gasteiger partial charge on any atom is -0.392 e. The van der Waals surface area contributed by atoms with Crippen LogP contribution in [-0.2, 0) is 6.61 Å². The molecule has 7 heteroatoms. The predicted octanol–water partition coefficient (Wildman–Crippen LogP) is 1.76. The first-order valence-electron chi connectivity index (χ1n) is 5.02. The molecule has 0 unspecified atom stereocenters. The van der Waals surface area contributed by atoms with Gasteiger partial charge in [0.2, 0.25) is 0 Å². The van der Waals surface area contributed by atoms with Gasteiger partial charge in [-0.05, 0) is 23.8 Å². The van der Waals surface area contributed by atoms with Gasteiger partial charge in [-0.15, -0.1) is 0 Å². The van der Waals surface area contributed by atoms with Crippen LogP contribution in [0.2, 0.25) is 0 Å². The van der Waals surface area contributed by atoms with Gasteiger partial charge >= 0.3 is 0 Å². The van der Waals surface area contributed by atoms with Crippen LogP contribution >= 0.6 is 27.7 Å². The standard InChI is InChI=1S/C11H10BrN3O2S/c12-7-1-2-8(6(3-7)5-16)18-11-14-9(13)4-10(17)15-11/h1-4,16H,5H2,(H3,13,14,15,17). The summed E-state index contributed by atoms with van der Waals surface area (Å²) >= 11 is 4.58. The van der Waals surface area contributed by atoms with Crippen LogP contribution in [0.4, 0.5) is 5.82 Å². The molecule has 2 rings (SSSR count). The van der Waals surface area contributed by atoms with E-state index in [0.717, 1.165) is 14.9 Å². The zero-order valence-electron chi connectivity index (χ0n) is 9.18. The van der Waals surface area contributed by atoms with Crippen molar-refractivity contribution >= 4 is 33.5 Å². The van der Waals surface area contributed by atoms with E-state index < -0.39 is 0 Å². The van der Waals surface area contributed by atoms with Gasteiger partial charge in [-0.3, -0.25) is 4.79 Å². The number of nitrogen functional groups attached to an aromatic ring is 1. The summed E-state index contributed by atoms with van der Waals surface area (Å²) in [5.74, 6) is 0.170. The number of hydrogen-bond donors (Lipinski definition) is 3. The quantitative estimate of drug-likeness (QED) is 0.747. The molecule has 0 aliphatic carbocycles. The fourth-order valence-corrected chi connectivity index (χ4v) is 2.69. The summed E-state index contributed by atoms with van der Waals surface area (Å²) in [5, 5.41) is 9.68. The molecule has 94 valence electrons. The van der Waals surface area contributed by atoms with E-state index in [-0.39, 0.29) is 18.0 Å². The highest BCUT2D eigenvalue weighted by atomic mass is 79.9. The molecule has 1 aromatic heterocycles. The maximum Gasteiger partial charge on any atom is 0.253 e. The number of H-pyrrole nitrogens is 1. The van der Waals surface area contributed by atoms with Crippen molar-refractivity contribution in [3.63, 3.8) is 0 Å². The van der Waals surface area contributed by atoms with Crippen molar-refractivity contribution in [2.75, 3.05) is 5.73 Å². The molecule has 0 saturated carbocycles. The van der Waals surface area contributed by atoms with E-state index in [0.29, 0.717) is 5.16 Å². The first-order valence-corrected chi connectivity index (χ1v) is 6.63. The van der Waals surface area contributed by atoms with Crippen molar-refractivity contribution in [1.29, 1.82) is 0 Å². The van der Waals surface area contributed by atoms with Gasteiger partial charge in [0, 0.05) is 15.4 Å². The van der Waals surface area contributed by atoms with Gasteiger partial charge in [-0.25, -0.2) is 4.98 Å². The Hall–Kier alpha value is -1.31. The van der Waals surface area contributed by atoms with E-state index in [1.807, 2.05) is 18.2 Å². The Morgan fingerprint density at radius 3 is 2.89 bits per heavy atom. The number of halogens is 1. The number of anilines is 1. The van der Waals surface area contributed by atoms with Crippen LogP contribution in [0, 0.1) is 0 Å². The van der Waals surface area contributed by atoms with Crippen molar-refractivity contribution in [3.8, 4) is 0 Å². The molecule has 4 N–H and O–H groups in total. The Bertz CT molecular complexity index is 630. The zero-order valence-corrected chi connectivity index (χ0v) is 11.6. The number of benzene rings is 1. The molecule has 1 heterocycles. The molecule has 0 saturated heterocycles. The highest BCUT2D eigenvalue weighted by Gasteiger charge is 2.07. The summed E-state index contributed by atoms with van der Waals surface area (Å²) in [4.78, 5) is 18.7. The van der Waals surface area contributed by atoms with Crippen LogP contribution < -0.4 is 11.3 Å². The van der Waals surface area contributed by atoms with Crippen molar-refractivity contribution < 1.29 is 5.11 Å². The fourth-order valence-electron chi connectivity index (χ4n) is 1.38. The summed E-state index contributed by atoms with van der Waals surface area (Å²) in [7, 11) is 0. The van der Waals surface area contributed by atoms with Crippen LogP contribution in [0.1, 0.15) is 5.56 Å². The third kappa shape index (κ3) is 3.12. The van der Waals surface area contributed by atoms with E-state index >= 15 is 0 Å². The van der Waals surface area contributed by atoms with Gasteiger partial charge in [0.25, 0.3) is 5.56 Å². The van der Waals surface area contributed by atoms with Crippen LogP contribution in [0.3, 0.4) is 0 Å². The molecule has 5 nitrogen and oxygen atoms in total. The number of aromatic nitrogens is 2. The molecule has 0 atom stereocenters. The molecule has 0 radical (unpaired) electrons. The lowest BCUT2D eigenvalue weighted by molar-refractivity contribution is 0.279. The number of nitrogens with one attached hydrogen (secondary N) is 1. The zero-order chi connectivity index (χ0) is 13.1. The summed E-state index contributed by atoms with van der Waals surface area (Å²) in [6, 6.07) is 6.72. The molecule has 0 fully saturated rings. The minimum atomic E-state index is -0.298. The predicted molar refractivity (Wildman–Crippen MR) is 73.5 cm³/mol. The average molecular weight is 328 g/mol. The first kappa shape index (κ1) is 13.1. The van der Waals surface area contributed by atoms with Gasteiger partial charge in [-0.1, -0.05) is 27.7 Å². The number of aromatic amines is 1. The lowest BCUT2D eigenvalue weighted by atomic mass is 10.2. The molecule has 0 aliphatic rings. The Labute approximate surface area is 116 Å². The smallest absolute Gasteiger partial charge is 0.253 e. The number of nitrogens with zero attached hydrogens (tertiary/aromatic N) is 1. The molecular weight excluding hydrogens is 318 g/mol. The van der Waals surface area contributed by atoms with E-state index in [9.17, 15) is 9.90 Å². The van der Waals surface area contributed by atoms with E-state index in [1.165, 1.54) is 17.8 Å². The number of rotatable bonds is 3. The van der Waals surface area contributed by atoms with Crippen LogP contribution in [0.15, 0.2) is 43.6 Å². The molecular formula is C11H10BrN3O2S. The van der Waals surface area contributed by atoms with Crippen molar-refractivity contribution in [3.05, 3.63) is 44.7 Å². The lowest BCUT2D eigenvalue weighted by Gasteiger charge is -2.07. The van der Waals surface area contributed by atoms with E-state index in [2.05, 4.69) is 25.9 Å². The second-order valence-corrected chi connectivity index (χ2v) is 5.43. The molecule has 1 aromatic carbocycles. The average Bonchev–Trinajstić information content (AvgIpc) is 2.30. The monoisotopic (exact) mass is 327 g/mol. The van der Waals surface area contributed by atoms with E-state index in [4.69, 9.17) is 5.73 Å². The van der Waals surface area contributed by atoms with Gasteiger partial charge in [0.05, 0.1) is 6.61 Å². The number of aliphatic hydroxyl groups is 1.